The maximum atomic E-state index is 2.92. The van der Waals surface area contributed by atoms with Crippen LogP contribution in [0.5, 0.6) is 0 Å². The van der Waals surface area contributed by atoms with Crippen LogP contribution in [-0.4, -0.2) is 25.8 Å². The fourth-order valence-electron chi connectivity index (χ4n) is 0.428. The van der Waals surface area contributed by atoms with Gasteiger partial charge in [-0.2, -0.15) is 5.12 Å². The van der Waals surface area contributed by atoms with Crippen molar-refractivity contribution >= 4 is 0 Å². The summed E-state index contributed by atoms with van der Waals surface area (Å²) in [6.07, 6.45) is 0. The summed E-state index contributed by atoms with van der Waals surface area (Å²) in [5.41, 5.74) is 5.85. The molecule has 0 amide bonds. The fourth-order valence-corrected chi connectivity index (χ4v) is 0.428. The van der Waals surface area contributed by atoms with E-state index >= 15 is 0 Å². The van der Waals surface area contributed by atoms with Crippen LogP contribution in [0.2, 0.25) is 0 Å². The largest absolute Gasteiger partial charge is 0.245 e. The molecule has 0 aromatic carbocycles. The number of nitrogens with zero attached hydrogens (tertiary/aromatic N) is 1. The van der Waals surface area contributed by atoms with Crippen molar-refractivity contribution in [2.75, 3.05) is 20.6 Å². The van der Waals surface area contributed by atoms with Crippen LogP contribution >= 0.6 is 0 Å². The van der Waals surface area contributed by atoms with Gasteiger partial charge in [0, 0.05) is 20.6 Å². The Kier molecular flexibility index (Phi) is 3.98. The summed E-state index contributed by atoms with van der Waals surface area (Å²) in [5.74, 6) is 0. The zero-order valence-electron chi connectivity index (χ0n) is 5.15. The predicted octanol–water partition coefficient (Wildman–Crippen LogP) is -0.423. The van der Waals surface area contributed by atoms with Gasteiger partial charge in [-0.25, -0.2) is 10.9 Å². The maximum absolute atomic E-state index is 2.92. The molecule has 0 aromatic heterocycles. The number of hydrazine groups is 2. The Bertz CT molecular complexity index is 28.4. The number of hydrogen-bond acceptors (Lipinski definition) is 3. The number of rotatable bonds is 3. The van der Waals surface area contributed by atoms with Gasteiger partial charge in [-0.05, 0) is 6.92 Å². The van der Waals surface area contributed by atoms with Crippen LogP contribution in [0.1, 0.15) is 6.92 Å². The lowest BCUT2D eigenvalue weighted by molar-refractivity contribution is 0.155. The summed E-state index contributed by atoms with van der Waals surface area (Å²) in [7, 11) is 3.75. The molecule has 0 aromatic rings. The third-order valence-corrected chi connectivity index (χ3v) is 0.856. The molecule has 0 rings (SSSR count). The third-order valence-electron chi connectivity index (χ3n) is 0.856. The Morgan fingerprint density at radius 3 is 1.71 bits per heavy atom. The standard InChI is InChI=1S/C4H13N3/c1-4-7(5-2)6-3/h5-6H,4H2,1-3H3. The van der Waals surface area contributed by atoms with Crippen molar-refractivity contribution in [1.82, 2.24) is 16.0 Å². The summed E-state index contributed by atoms with van der Waals surface area (Å²) >= 11 is 0. The molecule has 3 nitrogen and oxygen atoms in total. The summed E-state index contributed by atoms with van der Waals surface area (Å²) in [5, 5.41) is 1.88. The highest BCUT2D eigenvalue weighted by atomic mass is 15.7. The summed E-state index contributed by atoms with van der Waals surface area (Å²) in [6.45, 7) is 3.03. The molecule has 0 radical (unpaired) electrons. The summed E-state index contributed by atoms with van der Waals surface area (Å²) in [6, 6.07) is 0. The number of hydrogen-bond donors (Lipinski definition) is 2. The van der Waals surface area contributed by atoms with Crippen molar-refractivity contribution in [3.63, 3.8) is 0 Å². The van der Waals surface area contributed by atoms with Crippen molar-refractivity contribution in [3.05, 3.63) is 0 Å². The first-order chi connectivity index (χ1) is 3.35. The summed E-state index contributed by atoms with van der Waals surface area (Å²) < 4.78 is 0. The molecule has 0 aliphatic carbocycles. The van der Waals surface area contributed by atoms with E-state index in [2.05, 4.69) is 17.8 Å². The molecular weight excluding hydrogens is 90.1 g/mol. The first-order valence-corrected chi connectivity index (χ1v) is 2.47. The van der Waals surface area contributed by atoms with Gasteiger partial charge >= 0.3 is 0 Å². The number of nitrogens with one attached hydrogen (secondary N) is 2. The van der Waals surface area contributed by atoms with Crippen molar-refractivity contribution < 1.29 is 0 Å². The van der Waals surface area contributed by atoms with E-state index in [4.69, 9.17) is 0 Å². The van der Waals surface area contributed by atoms with E-state index in [0.717, 1.165) is 6.54 Å². The highest BCUT2D eigenvalue weighted by molar-refractivity contribution is 4.28. The summed E-state index contributed by atoms with van der Waals surface area (Å²) in [4.78, 5) is 0. The second-order valence-corrected chi connectivity index (χ2v) is 1.19. The molecule has 0 aliphatic heterocycles. The van der Waals surface area contributed by atoms with Gasteiger partial charge in [0.25, 0.3) is 0 Å². The minimum atomic E-state index is 0.965. The van der Waals surface area contributed by atoms with Crippen LogP contribution in [0.25, 0.3) is 0 Å². The maximum Gasteiger partial charge on any atom is 0.0259 e. The SMILES string of the molecule is CCN(NC)NC. The third kappa shape index (κ3) is 2.56. The minimum Gasteiger partial charge on any atom is -0.245 e. The lowest BCUT2D eigenvalue weighted by Crippen LogP contribution is -2.43. The molecule has 0 heterocycles. The first kappa shape index (κ1) is 6.88. The minimum absolute atomic E-state index is 0.965. The first-order valence-electron chi connectivity index (χ1n) is 2.47. The molecule has 0 atom stereocenters. The van der Waals surface area contributed by atoms with Gasteiger partial charge in [0.1, 0.15) is 0 Å². The molecule has 0 spiro atoms. The van der Waals surface area contributed by atoms with Crippen LogP contribution in [0.4, 0.5) is 0 Å². The monoisotopic (exact) mass is 103 g/mol. The van der Waals surface area contributed by atoms with Crippen LogP contribution < -0.4 is 10.9 Å². The van der Waals surface area contributed by atoms with E-state index in [1.807, 2.05) is 19.2 Å². The van der Waals surface area contributed by atoms with Crippen LogP contribution in [-0.2, 0) is 0 Å². The van der Waals surface area contributed by atoms with Crippen molar-refractivity contribution in [3.8, 4) is 0 Å². The molecule has 0 saturated heterocycles. The Labute approximate surface area is 44.6 Å². The van der Waals surface area contributed by atoms with Gasteiger partial charge < -0.3 is 0 Å². The second-order valence-electron chi connectivity index (χ2n) is 1.19. The van der Waals surface area contributed by atoms with Crippen molar-refractivity contribution in [2.24, 2.45) is 0 Å². The van der Waals surface area contributed by atoms with Gasteiger partial charge in [-0.15, -0.1) is 0 Å². The fraction of sp³-hybridized carbons (Fsp3) is 1.00. The van der Waals surface area contributed by atoms with Gasteiger partial charge in [-0.3, -0.25) is 0 Å². The molecule has 2 N–H and O–H groups in total. The highest BCUT2D eigenvalue weighted by Crippen LogP contribution is 1.64. The van der Waals surface area contributed by atoms with Gasteiger partial charge in [0.05, 0.1) is 0 Å². The lowest BCUT2D eigenvalue weighted by atomic mass is 10.8. The van der Waals surface area contributed by atoms with Gasteiger partial charge in [0.2, 0.25) is 0 Å². The van der Waals surface area contributed by atoms with Crippen LogP contribution in [0, 0.1) is 0 Å². The molecule has 3 heteroatoms. The topological polar surface area (TPSA) is 27.3 Å². The van der Waals surface area contributed by atoms with E-state index in [0.29, 0.717) is 0 Å². The van der Waals surface area contributed by atoms with Crippen molar-refractivity contribution in [2.45, 2.75) is 6.92 Å². The molecular formula is C4H13N3. The Morgan fingerprint density at radius 2 is 1.71 bits per heavy atom. The van der Waals surface area contributed by atoms with E-state index < -0.39 is 0 Å². The molecule has 44 valence electrons. The molecule has 0 fully saturated rings. The molecule has 0 bridgehead atoms. The van der Waals surface area contributed by atoms with Crippen LogP contribution in [0.15, 0.2) is 0 Å². The van der Waals surface area contributed by atoms with Crippen LogP contribution in [0.3, 0.4) is 0 Å². The molecule has 0 saturated carbocycles. The average Bonchev–Trinajstić information content (AvgIpc) is 1.72. The van der Waals surface area contributed by atoms with E-state index in [1.54, 1.807) is 0 Å². The van der Waals surface area contributed by atoms with Crippen molar-refractivity contribution in [1.29, 1.82) is 0 Å². The zero-order chi connectivity index (χ0) is 5.70. The van der Waals surface area contributed by atoms with Gasteiger partial charge in [-0.1, -0.05) is 0 Å². The Hall–Kier alpha value is -0.120. The van der Waals surface area contributed by atoms with E-state index in [-0.39, 0.29) is 0 Å². The molecule has 0 aliphatic rings. The van der Waals surface area contributed by atoms with Gasteiger partial charge in [0.15, 0.2) is 0 Å². The normalized spacial score (nSPS) is 10.3. The van der Waals surface area contributed by atoms with E-state index in [9.17, 15) is 0 Å². The average molecular weight is 103 g/mol. The molecule has 0 unspecified atom stereocenters. The smallest absolute Gasteiger partial charge is 0.0259 e. The second kappa shape index (κ2) is 4.05. The Morgan fingerprint density at radius 1 is 1.29 bits per heavy atom. The quantitative estimate of drug-likeness (QED) is 0.475. The van der Waals surface area contributed by atoms with E-state index in [1.165, 1.54) is 0 Å². The lowest BCUT2D eigenvalue weighted by Gasteiger charge is -2.15. The zero-order valence-corrected chi connectivity index (χ0v) is 5.15. The Balaban J connectivity index is 2.99. The molecule has 7 heavy (non-hydrogen) atoms. The predicted molar refractivity (Wildman–Crippen MR) is 30.5 cm³/mol. The highest BCUT2D eigenvalue weighted by Gasteiger charge is 1.86.